The van der Waals surface area contributed by atoms with Crippen molar-refractivity contribution in [3.05, 3.63) is 159 Å². The van der Waals surface area contributed by atoms with Crippen LogP contribution in [-0.2, 0) is 12.0 Å². The highest BCUT2D eigenvalue weighted by molar-refractivity contribution is 14.1. The molecule has 1 atom stereocenters. The number of aromatic nitrogens is 2. The number of benzene rings is 4. The van der Waals surface area contributed by atoms with Crippen molar-refractivity contribution in [2.45, 2.75) is 18.0 Å². The van der Waals surface area contributed by atoms with Crippen LogP contribution < -0.4 is 5.73 Å². The summed E-state index contributed by atoms with van der Waals surface area (Å²) in [4.78, 5) is 4.82. The van der Waals surface area contributed by atoms with Crippen LogP contribution in [0.3, 0.4) is 0 Å². The van der Waals surface area contributed by atoms with Crippen molar-refractivity contribution < 1.29 is 0 Å². The molecule has 0 amide bonds. The van der Waals surface area contributed by atoms with Gasteiger partial charge >= 0.3 is 0 Å². The average Bonchev–Trinajstić information content (AvgIpc) is 3.35. The third-order valence-electron chi connectivity index (χ3n) is 6.35. The first-order chi connectivity index (χ1) is 16.7. The van der Waals surface area contributed by atoms with E-state index in [1.54, 1.807) is 0 Å². The third kappa shape index (κ3) is 4.19. The van der Waals surface area contributed by atoms with Gasteiger partial charge in [-0.25, -0.2) is 4.98 Å². The molecular formula is C30H26IN3. The predicted octanol–water partition coefficient (Wildman–Crippen LogP) is 6.57. The van der Waals surface area contributed by atoms with Crippen molar-refractivity contribution in [2.24, 2.45) is 5.73 Å². The summed E-state index contributed by atoms with van der Waals surface area (Å²) in [6, 6.07) is 40.2. The summed E-state index contributed by atoms with van der Waals surface area (Å²) in [5.41, 5.74) is 10.8. The largest absolute Gasteiger partial charge is 0.324 e. The molecule has 0 aliphatic carbocycles. The molecule has 5 aromatic rings. The van der Waals surface area contributed by atoms with Crippen LogP contribution in [0, 0.1) is 3.57 Å². The Bertz CT molecular complexity index is 1230. The number of nitrogens with zero attached hydrogens (tertiary/aromatic N) is 2. The molecule has 0 bridgehead atoms. The summed E-state index contributed by atoms with van der Waals surface area (Å²) in [5.74, 6) is 0.947. The summed E-state index contributed by atoms with van der Waals surface area (Å²) < 4.78 is 3.51. The number of rotatable bonds is 7. The highest BCUT2D eigenvalue weighted by Gasteiger charge is 2.39. The van der Waals surface area contributed by atoms with Crippen LogP contribution in [0.2, 0.25) is 0 Å². The van der Waals surface area contributed by atoms with Crippen molar-refractivity contribution in [3.8, 4) is 0 Å². The normalized spacial score (nSPS) is 12.4. The molecule has 168 valence electrons. The number of halogens is 1. The van der Waals surface area contributed by atoms with Gasteiger partial charge in [0.1, 0.15) is 11.4 Å². The van der Waals surface area contributed by atoms with Gasteiger partial charge in [-0.15, -0.1) is 0 Å². The van der Waals surface area contributed by atoms with Crippen LogP contribution in [0.25, 0.3) is 0 Å². The van der Waals surface area contributed by atoms with Gasteiger partial charge in [0.15, 0.2) is 0 Å². The minimum Gasteiger partial charge on any atom is -0.324 e. The lowest BCUT2D eigenvalue weighted by molar-refractivity contribution is 0.482. The lowest BCUT2D eigenvalue weighted by Crippen LogP contribution is -2.39. The van der Waals surface area contributed by atoms with Crippen LogP contribution in [0.15, 0.2) is 128 Å². The third-order valence-corrected chi connectivity index (χ3v) is 7.07. The zero-order valence-corrected chi connectivity index (χ0v) is 20.9. The van der Waals surface area contributed by atoms with Crippen molar-refractivity contribution in [3.63, 3.8) is 0 Å². The van der Waals surface area contributed by atoms with Gasteiger partial charge in [0, 0.05) is 28.4 Å². The predicted molar refractivity (Wildman–Crippen MR) is 147 cm³/mol. The lowest BCUT2D eigenvalue weighted by atomic mass is 9.76. The van der Waals surface area contributed by atoms with E-state index in [1.165, 1.54) is 20.3 Å². The summed E-state index contributed by atoms with van der Waals surface area (Å²) in [5, 5.41) is 0. The molecule has 0 radical (unpaired) electrons. The molecule has 1 unspecified atom stereocenters. The molecule has 5 rings (SSSR count). The minimum absolute atomic E-state index is 0.154. The molecule has 1 aromatic heterocycles. The number of hydrogen-bond donors (Lipinski definition) is 1. The van der Waals surface area contributed by atoms with E-state index in [4.69, 9.17) is 10.7 Å². The molecule has 0 spiro atoms. The minimum atomic E-state index is -0.582. The standard InChI is InChI=1S/C30H26IN3/c31-27-18-16-23(17-19-27)28(32)22-29-33-20-21-34(29)30(24-10-4-1-5-11-24,25-12-6-2-7-13-25)26-14-8-3-9-15-26/h1-21,28H,22,32H2. The smallest absolute Gasteiger partial charge is 0.121 e. The van der Waals surface area contributed by atoms with Crippen molar-refractivity contribution in [1.29, 1.82) is 0 Å². The molecule has 0 saturated heterocycles. The van der Waals surface area contributed by atoms with E-state index < -0.39 is 5.54 Å². The summed E-state index contributed by atoms with van der Waals surface area (Å²) >= 11 is 2.32. The lowest BCUT2D eigenvalue weighted by Gasteiger charge is -2.38. The second kappa shape index (κ2) is 9.95. The summed E-state index contributed by atoms with van der Waals surface area (Å²) in [7, 11) is 0. The van der Waals surface area contributed by atoms with Crippen molar-refractivity contribution >= 4 is 22.6 Å². The van der Waals surface area contributed by atoms with Crippen molar-refractivity contribution in [1.82, 2.24) is 9.55 Å². The van der Waals surface area contributed by atoms with E-state index in [0.29, 0.717) is 6.42 Å². The Hall–Kier alpha value is -3.22. The number of imidazole rings is 1. The van der Waals surface area contributed by atoms with Gasteiger partial charge in [0.05, 0.1) is 0 Å². The van der Waals surface area contributed by atoms with Crippen LogP contribution >= 0.6 is 22.6 Å². The molecule has 0 aliphatic rings. The molecule has 1 heterocycles. The van der Waals surface area contributed by atoms with Gasteiger partial charge < -0.3 is 10.3 Å². The number of nitrogens with two attached hydrogens (primary N) is 1. The maximum atomic E-state index is 6.71. The first kappa shape index (κ1) is 22.6. The maximum Gasteiger partial charge on any atom is 0.121 e. The van der Waals surface area contributed by atoms with Gasteiger partial charge in [-0.05, 0) is 57.0 Å². The van der Waals surface area contributed by atoms with E-state index in [1.807, 2.05) is 6.20 Å². The molecule has 2 N–H and O–H groups in total. The van der Waals surface area contributed by atoms with Crippen molar-refractivity contribution in [2.75, 3.05) is 0 Å². The molecule has 4 aromatic carbocycles. The molecule has 3 nitrogen and oxygen atoms in total. The maximum absolute atomic E-state index is 6.71. The molecular weight excluding hydrogens is 529 g/mol. The fourth-order valence-corrected chi connectivity index (χ4v) is 5.13. The van der Waals surface area contributed by atoms with Crippen LogP contribution in [0.5, 0.6) is 0 Å². The molecule has 0 saturated carbocycles. The molecule has 0 aliphatic heterocycles. The van der Waals surface area contributed by atoms with Gasteiger partial charge in [-0.2, -0.15) is 0 Å². The highest BCUT2D eigenvalue weighted by atomic mass is 127. The first-order valence-corrected chi connectivity index (χ1v) is 12.5. The highest BCUT2D eigenvalue weighted by Crippen LogP contribution is 2.41. The first-order valence-electron chi connectivity index (χ1n) is 11.4. The van der Waals surface area contributed by atoms with Crippen LogP contribution in [-0.4, -0.2) is 9.55 Å². The Morgan fingerprint density at radius 3 is 1.65 bits per heavy atom. The Morgan fingerprint density at radius 1 is 0.706 bits per heavy atom. The van der Waals surface area contributed by atoms with E-state index in [2.05, 4.69) is 149 Å². The van der Waals surface area contributed by atoms with E-state index >= 15 is 0 Å². The zero-order valence-electron chi connectivity index (χ0n) is 18.8. The summed E-state index contributed by atoms with van der Waals surface area (Å²) in [6.07, 6.45) is 4.60. The zero-order chi connectivity index (χ0) is 23.4. The topological polar surface area (TPSA) is 43.8 Å². The Labute approximate surface area is 214 Å². The van der Waals surface area contributed by atoms with Gasteiger partial charge in [-0.1, -0.05) is 103 Å². The fraction of sp³-hybridized carbons (Fsp3) is 0.100. The molecule has 4 heteroatoms. The number of hydrogen-bond acceptors (Lipinski definition) is 2. The second-order valence-corrected chi connectivity index (χ2v) is 9.63. The molecule has 0 fully saturated rings. The quantitative estimate of drug-likeness (QED) is 0.182. The Morgan fingerprint density at radius 2 is 1.18 bits per heavy atom. The van der Waals surface area contributed by atoms with Gasteiger partial charge in [-0.3, -0.25) is 0 Å². The average molecular weight is 555 g/mol. The summed E-state index contributed by atoms with van der Waals surface area (Å²) in [6.45, 7) is 0. The Balaban J connectivity index is 1.72. The van der Waals surface area contributed by atoms with E-state index in [9.17, 15) is 0 Å². The molecule has 34 heavy (non-hydrogen) atoms. The van der Waals surface area contributed by atoms with E-state index in [0.717, 1.165) is 11.4 Å². The Kier molecular flexibility index (Phi) is 6.61. The van der Waals surface area contributed by atoms with E-state index in [-0.39, 0.29) is 6.04 Å². The SMILES string of the molecule is NC(Cc1nccn1C(c1ccccc1)(c1ccccc1)c1ccccc1)c1ccc(I)cc1. The second-order valence-electron chi connectivity index (χ2n) is 8.38. The van der Waals surface area contributed by atoms with Gasteiger partial charge in [0.25, 0.3) is 0 Å². The monoisotopic (exact) mass is 555 g/mol. The van der Waals surface area contributed by atoms with Crippen LogP contribution in [0.4, 0.5) is 0 Å². The van der Waals surface area contributed by atoms with Gasteiger partial charge in [0.2, 0.25) is 0 Å². The van der Waals surface area contributed by atoms with Crippen LogP contribution in [0.1, 0.15) is 34.1 Å². The fourth-order valence-electron chi connectivity index (χ4n) is 4.77.